The summed E-state index contributed by atoms with van der Waals surface area (Å²) in [5, 5.41) is 9.79. The lowest BCUT2D eigenvalue weighted by Gasteiger charge is -2.23. The summed E-state index contributed by atoms with van der Waals surface area (Å²) in [6.45, 7) is 7.25. The van der Waals surface area contributed by atoms with E-state index in [4.69, 9.17) is 0 Å². The van der Waals surface area contributed by atoms with Crippen molar-refractivity contribution < 1.29 is 5.11 Å². The van der Waals surface area contributed by atoms with E-state index in [1.54, 1.807) is 6.07 Å². The molecule has 2 nitrogen and oxygen atoms in total. The van der Waals surface area contributed by atoms with E-state index in [9.17, 15) is 5.11 Å². The minimum Gasteiger partial charge on any atom is -0.508 e. The van der Waals surface area contributed by atoms with Gasteiger partial charge < -0.3 is 10.0 Å². The molecule has 0 fully saturated rings. The number of aryl methyl sites for hydroxylation is 1. The second-order valence-electron chi connectivity index (χ2n) is 6.72. The maximum atomic E-state index is 9.79. The molecule has 0 aromatic heterocycles. The van der Waals surface area contributed by atoms with Crippen LogP contribution in [-0.2, 0) is 12.8 Å². The fourth-order valence-electron chi connectivity index (χ4n) is 3.62. The molecule has 2 aromatic carbocycles. The van der Waals surface area contributed by atoms with Gasteiger partial charge in [0.2, 0.25) is 0 Å². The van der Waals surface area contributed by atoms with Crippen molar-refractivity contribution in [1.82, 2.24) is 4.90 Å². The van der Waals surface area contributed by atoms with E-state index < -0.39 is 0 Å². The Kier molecular flexibility index (Phi) is 5.71. The van der Waals surface area contributed by atoms with Crippen LogP contribution in [0.25, 0.3) is 0 Å². The summed E-state index contributed by atoms with van der Waals surface area (Å²) in [6, 6.07) is 16.5. The SMILES string of the molecule is C=CC1CN(CCCCc2ccccc2)CCc2ccc(O)cc21. The summed E-state index contributed by atoms with van der Waals surface area (Å²) in [6.07, 6.45) is 6.69. The second kappa shape index (κ2) is 8.16. The van der Waals surface area contributed by atoms with Crippen molar-refractivity contribution in [3.63, 3.8) is 0 Å². The molecule has 0 saturated heterocycles. The molecular formula is C22H27NO. The number of benzene rings is 2. The number of phenols is 1. The maximum Gasteiger partial charge on any atom is 0.115 e. The number of rotatable bonds is 6. The van der Waals surface area contributed by atoms with E-state index in [1.165, 1.54) is 29.5 Å². The zero-order valence-corrected chi connectivity index (χ0v) is 14.3. The molecule has 1 N–H and O–H groups in total. The Morgan fingerprint density at radius 1 is 1.12 bits per heavy atom. The first-order valence-electron chi connectivity index (χ1n) is 8.97. The first-order chi connectivity index (χ1) is 11.8. The molecule has 126 valence electrons. The number of hydrogen-bond donors (Lipinski definition) is 1. The van der Waals surface area contributed by atoms with Crippen molar-refractivity contribution in [1.29, 1.82) is 0 Å². The lowest BCUT2D eigenvalue weighted by molar-refractivity contribution is 0.272. The van der Waals surface area contributed by atoms with Gasteiger partial charge in [0, 0.05) is 19.0 Å². The third kappa shape index (κ3) is 4.27. The van der Waals surface area contributed by atoms with Crippen molar-refractivity contribution >= 4 is 0 Å². The summed E-state index contributed by atoms with van der Waals surface area (Å²) < 4.78 is 0. The Balaban J connectivity index is 1.54. The van der Waals surface area contributed by atoms with Gasteiger partial charge in [-0.05, 0) is 61.1 Å². The van der Waals surface area contributed by atoms with Crippen molar-refractivity contribution in [2.45, 2.75) is 31.6 Å². The zero-order chi connectivity index (χ0) is 16.8. The lowest BCUT2D eigenvalue weighted by Crippen LogP contribution is -2.29. The Hall–Kier alpha value is -2.06. The lowest BCUT2D eigenvalue weighted by atomic mass is 9.94. The van der Waals surface area contributed by atoms with Gasteiger partial charge >= 0.3 is 0 Å². The van der Waals surface area contributed by atoms with Crippen LogP contribution in [0.4, 0.5) is 0 Å². The molecule has 1 aliphatic heterocycles. The molecule has 0 saturated carbocycles. The van der Waals surface area contributed by atoms with Crippen LogP contribution in [-0.4, -0.2) is 29.6 Å². The van der Waals surface area contributed by atoms with Gasteiger partial charge in [-0.1, -0.05) is 42.5 Å². The van der Waals surface area contributed by atoms with E-state index in [0.717, 1.165) is 32.5 Å². The summed E-state index contributed by atoms with van der Waals surface area (Å²) in [7, 11) is 0. The average Bonchev–Trinajstić information content (AvgIpc) is 2.79. The van der Waals surface area contributed by atoms with Crippen LogP contribution in [0.3, 0.4) is 0 Å². The van der Waals surface area contributed by atoms with Crippen LogP contribution in [0.5, 0.6) is 5.75 Å². The minimum atomic E-state index is 0.309. The first-order valence-corrected chi connectivity index (χ1v) is 8.97. The Morgan fingerprint density at radius 2 is 1.96 bits per heavy atom. The highest BCUT2D eigenvalue weighted by atomic mass is 16.3. The van der Waals surface area contributed by atoms with E-state index in [-0.39, 0.29) is 0 Å². The normalized spacial score (nSPS) is 17.9. The fraction of sp³-hybridized carbons (Fsp3) is 0.364. The van der Waals surface area contributed by atoms with Gasteiger partial charge in [0.05, 0.1) is 0 Å². The first kappa shape index (κ1) is 16.8. The van der Waals surface area contributed by atoms with E-state index >= 15 is 0 Å². The number of phenolic OH excluding ortho intramolecular Hbond substituents is 1. The van der Waals surface area contributed by atoms with Gasteiger partial charge in [-0.2, -0.15) is 0 Å². The third-order valence-corrected chi connectivity index (χ3v) is 5.00. The quantitative estimate of drug-likeness (QED) is 0.623. The number of hydrogen-bond acceptors (Lipinski definition) is 2. The topological polar surface area (TPSA) is 23.5 Å². The average molecular weight is 321 g/mol. The summed E-state index contributed by atoms with van der Waals surface area (Å²) in [5.41, 5.74) is 4.03. The van der Waals surface area contributed by atoms with E-state index in [2.05, 4.69) is 47.9 Å². The highest BCUT2D eigenvalue weighted by Crippen LogP contribution is 2.29. The minimum absolute atomic E-state index is 0.309. The molecule has 3 rings (SSSR count). The second-order valence-corrected chi connectivity index (χ2v) is 6.72. The zero-order valence-electron chi connectivity index (χ0n) is 14.3. The Bertz CT molecular complexity index is 665. The molecule has 0 amide bonds. The molecule has 0 bridgehead atoms. The molecule has 1 heterocycles. The van der Waals surface area contributed by atoms with Crippen LogP contribution in [0.1, 0.15) is 35.4 Å². The Labute approximate surface area is 145 Å². The predicted octanol–water partition coefficient (Wildman–Crippen LogP) is 4.54. The van der Waals surface area contributed by atoms with E-state index in [1.807, 2.05) is 12.1 Å². The van der Waals surface area contributed by atoms with Gasteiger partial charge in [-0.25, -0.2) is 0 Å². The number of fused-ring (bicyclic) bond motifs is 1. The number of aromatic hydroxyl groups is 1. The predicted molar refractivity (Wildman–Crippen MR) is 101 cm³/mol. The standard InChI is InChI=1S/C22H27NO/c1-2-19-17-23(14-7-6-10-18-8-4-3-5-9-18)15-13-20-11-12-21(24)16-22(19)20/h2-5,8-9,11-12,16,19,24H,1,6-7,10,13-15,17H2. The molecule has 2 heteroatoms. The molecule has 1 atom stereocenters. The number of nitrogens with zero attached hydrogens (tertiary/aromatic N) is 1. The van der Waals surface area contributed by atoms with Crippen LogP contribution in [0.2, 0.25) is 0 Å². The van der Waals surface area contributed by atoms with Gasteiger partial charge in [-0.3, -0.25) is 0 Å². The van der Waals surface area contributed by atoms with Gasteiger partial charge in [-0.15, -0.1) is 6.58 Å². The van der Waals surface area contributed by atoms with Gasteiger partial charge in [0.15, 0.2) is 0 Å². The summed E-state index contributed by atoms with van der Waals surface area (Å²) in [5.74, 6) is 0.667. The molecule has 2 aromatic rings. The van der Waals surface area contributed by atoms with Gasteiger partial charge in [0.1, 0.15) is 5.75 Å². The van der Waals surface area contributed by atoms with Crippen LogP contribution in [0, 0.1) is 0 Å². The van der Waals surface area contributed by atoms with Crippen molar-refractivity contribution in [2.24, 2.45) is 0 Å². The van der Waals surface area contributed by atoms with Crippen LogP contribution < -0.4 is 0 Å². The van der Waals surface area contributed by atoms with Crippen molar-refractivity contribution in [2.75, 3.05) is 19.6 Å². The Morgan fingerprint density at radius 3 is 2.75 bits per heavy atom. The summed E-state index contributed by atoms with van der Waals surface area (Å²) >= 11 is 0. The van der Waals surface area contributed by atoms with Crippen LogP contribution >= 0.6 is 0 Å². The molecule has 0 radical (unpaired) electrons. The molecule has 1 unspecified atom stereocenters. The fourth-order valence-corrected chi connectivity index (χ4v) is 3.62. The van der Waals surface area contributed by atoms with E-state index in [0.29, 0.717) is 11.7 Å². The van der Waals surface area contributed by atoms with Gasteiger partial charge in [0.25, 0.3) is 0 Å². The molecular weight excluding hydrogens is 294 g/mol. The molecule has 1 aliphatic rings. The highest BCUT2D eigenvalue weighted by molar-refractivity contribution is 5.40. The van der Waals surface area contributed by atoms with Crippen LogP contribution in [0.15, 0.2) is 61.2 Å². The number of unbranched alkanes of at least 4 members (excludes halogenated alkanes) is 1. The van der Waals surface area contributed by atoms with Crippen molar-refractivity contribution in [3.05, 3.63) is 77.9 Å². The largest absolute Gasteiger partial charge is 0.508 e. The van der Waals surface area contributed by atoms with Crippen molar-refractivity contribution in [3.8, 4) is 5.75 Å². The molecule has 0 aliphatic carbocycles. The highest BCUT2D eigenvalue weighted by Gasteiger charge is 2.21. The summed E-state index contributed by atoms with van der Waals surface area (Å²) in [4.78, 5) is 2.55. The molecule has 0 spiro atoms. The third-order valence-electron chi connectivity index (χ3n) is 5.00. The monoisotopic (exact) mass is 321 g/mol. The smallest absolute Gasteiger partial charge is 0.115 e. The maximum absolute atomic E-state index is 9.79. The molecule has 24 heavy (non-hydrogen) atoms.